The van der Waals surface area contributed by atoms with Gasteiger partial charge in [-0.05, 0) is 128 Å². The Morgan fingerprint density at radius 1 is 0.295 bits per heavy atom. The summed E-state index contributed by atoms with van der Waals surface area (Å²) in [4.78, 5) is 24.6. The highest BCUT2D eigenvalue weighted by Gasteiger charge is 2.16. The van der Waals surface area contributed by atoms with E-state index >= 15 is 0 Å². The minimum Gasteiger partial charge on any atom is -0.462 e. The lowest BCUT2D eigenvalue weighted by molar-refractivity contribution is -0.161. The van der Waals surface area contributed by atoms with Crippen molar-refractivity contribution in [2.75, 3.05) is 13.2 Å². The van der Waals surface area contributed by atoms with E-state index in [0.29, 0.717) is 12.8 Å². The molecule has 0 radical (unpaired) electrons. The van der Waals surface area contributed by atoms with Crippen LogP contribution in [0.25, 0.3) is 0 Å². The fourth-order valence-corrected chi connectivity index (χ4v) is 8.34. The molecule has 0 saturated heterocycles. The van der Waals surface area contributed by atoms with Crippen LogP contribution in [0.5, 0.6) is 0 Å². The fraction of sp³-hybridized carbons (Fsp3) is 0.589. The Hall–Kier alpha value is -4.74. The summed E-state index contributed by atoms with van der Waals surface area (Å²) in [5, 5.41) is 9.68. The molecule has 0 fully saturated rings. The molecule has 0 aliphatic heterocycles. The Bertz CT molecular complexity index is 1740. The van der Waals surface area contributed by atoms with Crippen LogP contribution in [0.15, 0.2) is 170 Å². The van der Waals surface area contributed by atoms with Crippen molar-refractivity contribution in [3.63, 3.8) is 0 Å². The monoisotopic (exact) mass is 1070 g/mol. The van der Waals surface area contributed by atoms with Crippen molar-refractivity contribution in [1.82, 2.24) is 0 Å². The van der Waals surface area contributed by atoms with E-state index in [9.17, 15) is 14.7 Å². The number of carbonyl (C=O) groups excluding carboxylic acids is 2. The van der Waals surface area contributed by atoms with Crippen molar-refractivity contribution in [3.8, 4) is 0 Å². The molecule has 78 heavy (non-hydrogen) atoms. The van der Waals surface area contributed by atoms with Gasteiger partial charge in [0.15, 0.2) is 6.10 Å². The minimum atomic E-state index is -0.790. The summed E-state index contributed by atoms with van der Waals surface area (Å²) in [7, 11) is 0. The maximum absolute atomic E-state index is 12.3. The number of aliphatic hydroxyl groups excluding tert-OH is 1. The normalized spacial score (nSPS) is 13.4. The third-order valence-corrected chi connectivity index (χ3v) is 13.0. The van der Waals surface area contributed by atoms with E-state index in [0.717, 1.165) is 135 Å². The van der Waals surface area contributed by atoms with Crippen molar-refractivity contribution in [3.05, 3.63) is 170 Å². The van der Waals surface area contributed by atoms with Gasteiger partial charge in [0.25, 0.3) is 0 Å². The average Bonchev–Trinajstić information content (AvgIpc) is 3.44. The highest BCUT2D eigenvalue weighted by molar-refractivity contribution is 5.70. The number of esters is 2. The molecule has 0 heterocycles. The Kier molecular flexibility index (Phi) is 62.5. The first-order valence-electron chi connectivity index (χ1n) is 31.7. The quantitative estimate of drug-likeness (QED) is 0.0373. The predicted octanol–water partition coefficient (Wildman–Crippen LogP) is 22.1. The van der Waals surface area contributed by atoms with Crippen LogP contribution in [0, 0.1) is 0 Å². The summed E-state index contributed by atoms with van der Waals surface area (Å²) in [5.74, 6) is -0.611. The maximum atomic E-state index is 12.3. The lowest BCUT2D eigenvalue weighted by Gasteiger charge is -2.15. The molecule has 1 atom stereocenters. The molecule has 0 aromatic heterocycles. The second-order valence-corrected chi connectivity index (χ2v) is 20.4. The molecule has 0 rings (SSSR count). The molecule has 5 nitrogen and oxygen atoms in total. The molecule has 0 aliphatic carbocycles. The molecule has 438 valence electrons. The second kappa shape index (κ2) is 66.5. The van der Waals surface area contributed by atoms with Gasteiger partial charge in [-0.2, -0.15) is 0 Å². The third kappa shape index (κ3) is 63.8. The molecule has 1 unspecified atom stereocenters. The minimum absolute atomic E-state index is 0.0810. The topological polar surface area (TPSA) is 72.8 Å². The Labute approximate surface area is 481 Å². The van der Waals surface area contributed by atoms with Gasteiger partial charge in [-0.3, -0.25) is 9.59 Å². The lowest BCUT2D eigenvalue weighted by Crippen LogP contribution is -2.28. The van der Waals surface area contributed by atoms with E-state index in [1.807, 2.05) is 0 Å². The van der Waals surface area contributed by atoms with Gasteiger partial charge in [-0.25, -0.2) is 0 Å². The first-order valence-corrected chi connectivity index (χ1v) is 31.7. The van der Waals surface area contributed by atoms with Crippen molar-refractivity contribution in [1.29, 1.82) is 0 Å². The summed E-state index contributed by atoms with van der Waals surface area (Å²) >= 11 is 0. The first-order chi connectivity index (χ1) is 38.6. The van der Waals surface area contributed by atoms with Crippen LogP contribution in [0.2, 0.25) is 0 Å². The van der Waals surface area contributed by atoms with E-state index in [4.69, 9.17) is 9.47 Å². The fourth-order valence-electron chi connectivity index (χ4n) is 8.34. The summed E-state index contributed by atoms with van der Waals surface area (Å²) in [5.41, 5.74) is 0. The molecule has 1 N–H and O–H groups in total. The molecule has 0 amide bonds. The van der Waals surface area contributed by atoms with Gasteiger partial charge in [0.1, 0.15) is 6.61 Å². The Morgan fingerprint density at radius 2 is 0.513 bits per heavy atom. The summed E-state index contributed by atoms with van der Waals surface area (Å²) in [6.45, 7) is 3.90. The van der Waals surface area contributed by atoms with Crippen LogP contribution in [0.3, 0.4) is 0 Å². The van der Waals surface area contributed by atoms with Crippen molar-refractivity contribution < 1.29 is 24.2 Å². The van der Waals surface area contributed by atoms with Gasteiger partial charge < -0.3 is 14.6 Å². The number of rotatable bonds is 56. The van der Waals surface area contributed by atoms with Crippen LogP contribution < -0.4 is 0 Å². The van der Waals surface area contributed by atoms with Crippen LogP contribution in [-0.4, -0.2) is 36.4 Å². The molecular formula is C73H116O5. The molecule has 0 aliphatic rings. The molecule has 0 spiro atoms. The zero-order chi connectivity index (χ0) is 56.2. The smallest absolute Gasteiger partial charge is 0.306 e. The van der Waals surface area contributed by atoms with E-state index < -0.39 is 6.10 Å². The molecule has 0 saturated carbocycles. The Balaban J connectivity index is 3.57. The number of hydrogen-bond donors (Lipinski definition) is 1. The highest BCUT2D eigenvalue weighted by atomic mass is 16.6. The predicted molar refractivity (Wildman–Crippen MR) is 343 cm³/mol. The first kappa shape index (κ1) is 73.3. The number of hydrogen-bond acceptors (Lipinski definition) is 5. The largest absolute Gasteiger partial charge is 0.462 e. The standard InChI is InChI=1S/C73H116O5/c1-3-5-7-9-11-13-15-17-19-21-23-25-27-28-29-30-31-32-33-34-35-36-37-38-39-40-41-42-43-44-46-48-50-52-54-56-58-60-62-64-66-68-73(76)78-71(69-74)70-77-72(75)67-65-63-61-59-57-55-53-51-49-47-45-26-24-22-20-18-16-14-12-10-8-6-4-2/h5-8,11-14,17-20,23-26,28-29,31-32,34-35,37-38,40-41,47,49,71,74H,3-4,9-10,15-16,21-22,27,30,33,36,39,42-46,48,50-70H2,1-2H3/b7-5-,8-6-,13-11-,14-12-,19-17-,20-18-,25-23-,26-24-,29-28-,32-31-,35-34-,38-37-,41-40-,49-47-. The molecule has 0 aromatic carbocycles. The number of ether oxygens (including phenoxy) is 2. The van der Waals surface area contributed by atoms with Gasteiger partial charge >= 0.3 is 11.9 Å². The second-order valence-electron chi connectivity index (χ2n) is 20.4. The van der Waals surface area contributed by atoms with Gasteiger partial charge in [0, 0.05) is 12.8 Å². The SMILES string of the molecule is CC/C=C\C/C=C\C/C=C\C/C=C\C/C=C\C/C=C\C/C=C\C/C=C\C/C=C\CCCCCCCCCCCCCCCC(=O)OC(CO)COC(=O)CCCCCCCCC/C=C\C/C=C\C/C=C\C/C=C\C/C=C\CC. The zero-order valence-corrected chi connectivity index (χ0v) is 50.1. The third-order valence-electron chi connectivity index (χ3n) is 13.0. The molecule has 0 aromatic rings. The zero-order valence-electron chi connectivity index (χ0n) is 50.1. The van der Waals surface area contributed by atoms with Gasteiger partial charge in [-0.1, -0.05) is 287 Å². The Morgan fingerprint density at radius 3 is 0.769 bits per heavy atom. The summed E-state index contributed by atoms with van der Waals surface area (Å²) < 4.78 is 10.7. The van der Waals surface area contributed by atoms with E-state index in [-0.39, 0.29) is 25.2 Å². The number of aliphatic hydroxyl groups is 1. The average molecular weight is 1070 g/mol. The van der Waals surface area contributed by atoms with E-state index in [1.54, 1.807) is 0 Å². The lowest BCUT2D eigenvalue weighted by atomic mass is 10.0. The summed E-state index contributed by atoms with van der Waals surface area (Å²) in [6.07, 6.45) is 103. The maximum Gasteiger partial charge on any atom is 0.306 e. The van der Waals surface area contributed by atoms with Gasteiger partial charge in [0.05, 0.1) is 6.61 Å². The summed E-state index contributed by atoms with van der Waals surface area (Å²) in [6, 6.07) is 0. The number of unbranched alkanes of at least 4 members (excludes halogenated alkanes) is 20. The van der Waals surface area contributed by atoms with Crippen molar-refractivity contribution in [2.24, 2.45) is 0 Å². The number of carbonyl (C=O) groups is 2. The van der Waals surface area contributed by atoms with Crippen LogP contribution >= 0.6 is 0 Å². The molecular weight excluding hydrogens is 957 g/mol. The van der Waals surface area contributed by atoms with Crippen LogP contribution in [-0.2, 0) is 19.1 Å². The molecule has 0 bridgehead atoms. The van der Waals surface area contributed by atoms with Gasteiger partial charge in [-0.15, -0.1) is 0 Å². The van der Waals surface area contributed by atoms with Crippen LogP contribution in [0.1, 0.15) is 258 Å². The van der Waals surface area contributed by atoms with Gasteiger partial charge in [0.2, 0.25) is 0 Å². The molecule has 5 heteroatoms. The van der Waals surface area contributed by atoms with Crippen LogP contribution in [0.4, 0.5) is 0 Å². The van der Waals surface area contributed by atoms with Crippen molar-refractivity contribution in [2.45, 2.75) is 264 Å². The number of allylic oxidation sites excluding steroid dienone is 28. The van der Waals surface area contributed by atoms with E-state index in [1.165, 1.54) is 96.3 Å². The highest BCUT2D eigenvalue weighted by Crippen LogP contribution is 2.15. The van der Waals surface area contributed by atoms with Crippen molar-refractivity contribution >= 4 is 11.9 Å². The van der Waals surface area contributed by atoms with E-state index in [2.05, 4.69) is 184 Å².